The fourth-order valence-corrected chi connectivity index (χ4v) is 4.03. The molecule has 0 spiro atoms. The number of benzene rings is 3. The Morgan fingerprint density at radius 2 is 1.86 bits per heavy atom. The van der Waals surface area contributed by atoms with Crippen molar-refractivity contribution < 1.29 is 18.3 Å². The van der Waals surface area contributed by atoms with Crippen molar-refractivity contribution in [1.29, 1.82) is 0 Å². The van der Waals surface area contributed by atoms with E-state index < -0.39 is 18.0 Å². The fraction of sp³-hybridized carbons (Fsp3) is 0.174. The highest BCUT2D eigenvalue weighted by molar-refractivity contribution is 9.10. The van der Waals surface area contributed by atoms with Crippen LogP contribution in [-0.2, 0) is 17.8 Å². The van der Waals surface area contributed by atoms with Crippen LogP contribution < -0.4 is 4.90 Å². The van der Waals surface area contributed by atoms with Gasteiger partial charge in [0.15, 0.2) is 0 Å². The number of anilines is 1. The van der Waals surface area contributed by atoms with Crippen LogP contribution >= 0.6 is 15.9 Å². The predicted octanol–water partition coefficient (Wildman–Crippen LogP) is 6.56. The minimum atomic E-state index is -0.592. The molecule has 0 radical (unpaired) electrons. The van der Waals surface area contributed by atoms with Crippen LogP contribution in [0.1, 0.15) is 29.2 Å². The molecule has 0 N–H and O–H groups in total. The summed E-state index contributed by atoms with van der Waals surface area (Å²) < 4.78 is 34.0. The number of amides is 1. The van der Waals surface area contributed by atoms with Gasteiger partial charge in [-0.3, -0.25) is 4.90 Å². The van der Waals surface area contributed by atoms with Gasteiger partial charge in [0.25, 0.3) is 0 Å². The Labute approximate surface area is 176 Å². The lowest BCUT2D eigenvalue weighted by molar-refractivity contribution is 0.143. The second kappa shape index (κ2) is 8.33. The Balaban J connectivity index is 1.70. The Hall–Kier alpha value is -2.73. The van der Waals surface area contributed by atoms with Crippen molar-refractivity contribution in [2.24, 2.45) is 0 Å². The molecular weight excluding hydrogens is 440 g/mol. The quantitative estimate of drug-likeness (QED) is 0.445. The molecule has 29 heavy (non-hydrogen) atoms. The van der Waals surface area contributed by atoms with E-state index in [1.807, 2.05) is 30.3 Å². The van der Waals surface area contributed by atoms with Crippen molar-refractivity contribution in [3.8, 4) is 0 Å². The van der Waals surface area contributed by atoms with Crippen LogP contribution in [0.4, 0.5) is 19.3 Å². The SMILES string of the molecule is O=C(OCc1ccccc1)N1c2cc(F)c(Br)cc2CCC1c1cccc(F)c1. The third-order valence-corrected chi connectivity index (χ3v) is 5.62. The zero-order valence-corrected chi connectivity index (χ0v) is 17.0. The van der Waals surface area contributed by atoms with Gasteiger partial charge >= 0.3 is 6.09 Å². The van der Waals surface area contributed by atoms with E-state index >= 15 is 0 Å². The topological polar surface area (TPSA) is 29.5 Å². The van der Waals surface area contributed by atoms with Gasteiger partial charge in [0.2, 0.25) is 0 Å². The highest BCUT2D eigenvalue weighted by Crippen LogP contribution is 2.41. The van der Waals surface area contributed by atoms with Crippen LogP contribution in [0.2, 0.25) is 0 Å². The van der Waals surface area contributed by atoms with Crippen molar-refractivity contribution in [2.45, 2.75) is 25.5 Å². The van der Waals surface area contributed by atoms with Gasteiger partial charge in [-0.1, -0.05) is 42.5 Å². The molecule has 0 bridgehead atoms. The van der Waals surface area contributed by atoms with Gasteiger partial charge in [0.1, 0.15) is 18.2 Å². The lowest BCUT2D eigenvalue weighted by Gasteiger charge is -2.37. The van der Waals surface area contributed by atoms with Crippen LogP contribution in [0.3, 0.4) is 0 Å². The van der Waals surface area contributed by atoms with Crippen molar-refractivity contribution >= 4 is 27.7 Å². The smallest absolute Gasteiger partial charge is 0.415 e. The van der Waals surface area contributed by atoms with E-state index in [9.17, 15) is 13.6 Å². The lowest BCUT2D eigenvalue weighted by Crippen LogP contribution is -2.39. The number of hydrogen-bond donors (Lipinski definition) is 0. The van der Waals surface area contributed by atoms with Crippen LogP contribution in [0.15, 0.2) is 71.2 Å². The summed E-state index contributed by atoms with van der Waals surface area (Å²) in [5.74, 6) is -0.850. The van der Waals surface area contributed by atoms with Crippen LogP contribution in [0, 0.1) is 11.6 Å². The number of aryl methyl sites for hydroxylation is 1. The van der Waals surface area contributed by atoms with Gasteiger partial charge in [0.05, 0.1) is 16.2 Å². The fourth-order valence-electron chi connectivity index (χ4n) is 3.64. The monoisotopic (exact) mass is 457 g/mol. The van der Waals surface area contributed by atoms with E-state index in [0.29, 0.717) is 28.6 Å². The van der Waals surface area contributed by atoms with E-state index in [4.69, 9.17) is 4.74 Å². The molecule has 3 nitrogen and oxygen atoms in total. The normalized spacial score (nSPS) is 15.7. The Kier molecular flexibility index (Phi) is 5.62. The average Bonchev–Trinajstić information content (AvgIpc) is 2.73. The summed E-state index contributed by atoms with van der Waals surface area (Å²) in [6, 6.07) is 18.0. The number of carbonyl (C=O) groups excluding carboxylic acids is 1. The maximum absolute atomic E-state index is 14.3. The summed E-state index contributed by atoms with van der Waals surface area (Å²) in [6.07, 6.45) is 0.623. The molecular formula is C23H18BrF2NO2. The molecule has 4 rings (SSSR count). The average molecular weight is 458 g/mol. The second-order valence-electron chi connectivity index (χ2n) is 6.91. The first-order valence-electron chi connectivity index (χ1n) is 9.26. The third kappa shape index (κ3) is 4.17. The van der Waals surface area contributed by atoms with Gasteiger partial charge < -0.3 is 4.74 Å². The standard InChI is InChI=1S/C23H18BrF2NO2/c24-19-12-17-9-10-21(16-7-4-8-18(25)11-16)27(22(17)13-20(19)26)23(28)29-14-15-5-2-1-3-6-15/h1-8,11-13,21H,9-10,14H2. The van der Waals surface area contributed by atoms with Crippen LogP contribution in [-0.4, -0.2) is 6.09 Å². The molecule has 1 aliphatic rings. The molecule has 0 saturated heterocycles. The maximum atomic E-state index is 14.3. The summed E-state index contributed by atoms with van der Waals surface area (Å²) in [5, 5.41) is 0. The van der Waals surface area contributed by atoms with Crippen LogP contribution in [0.25, 0.3) is 0 Å². The third-order valence-electron chi connectivity index (χ3n) is 5.02. The van der Waals surface area contributed by atoms with E-state index in [2.05, 4.69) is 15.9 Å². The molecule has 0 fully saturated rings. The number of halogens is 3. The summed E-state index contributed by atoms with van der Waals surface area (Å²) in [7, 11) is 0. The molecule has 3 aromatic rings. The summed E-state index contributed by atoms with van der Waals surface area (Å²) in [4.78, 5) is 14.5. The van der Waals surface area contributed by atoms with E-state index in [0.717, 1.165) is 11.1 Å². The summed E-state index contributed by atoms with van der Waals surface area (Å²) in [5.41, 5.74) is 2.78. The molecule has 1 heterocycles. The minimum Gasteiger partial charge on any atom is -0.444 e. The predicted molar refractivity (Wildman–Crippen MR) is 111 cm³/mol. The molecule has 1 unspecified atom stereocenters. The molecule has 0 saturated carbocycles. The van der Waals surface area contributed by atoms with Crippen molar-refractivity contribution in [3.05, 3.63) is 99.5 Å². The number of nitrogens with zero attached hydrogens (tertiary/aromatic N) is 1. The Morgan fingerprint density at radius 1 is 1.07 bits per heavy atom. The number of ether oxygens (including phenoxy) is 1. The first kappa shape index (κ1) is 19.6. The molecule has 1 aliphatic heterocycles. The maximum Gasteiger partial charge on any atom is 0.415 e. The Bertz CT molecular complexity index is 1040. The zero-order valence-electron chi connectivity index (χ0n) is 15.4. The minimum absolute atomic E-state index is 0.0976. The number of fused-ring (bicyclic) bond motifs is 1. The van der Waals surface area contributed by atoms with Gasteiger partial charge in [-0.2, -0.15) is 0 Å². The highest BCUT2D eigenvalue weighted by Gasteiger charge is 2.34. The van der Waals surface area contributed by atoms with E-state index in [1.165, 1.54) is 23.1 Å². The number of rotatable bonds is 3. The summed E-state index contributed by atoms with van der Waals surface area (Å²) in [6.45, 7) is 0.0976. The molecule has 6 heteroatoms. The van der Waals surface area contributed by atoms with Gasteiger partial charge in [-0.25, -0.2) is 13.6 Å². The van der Waals surface area contributed by atoms with Gasteiger partial charge in [0, 0.05) is 0 Å². The molecule has 148 valence electrons. The molecule has 3 aromatic carbocycles. The first-order valence-corrected chi connectivity index (χ1v) is 10.1. The van der Waals surface area contributed by atoms with Crippen molar-refractivity contribution in [2.75, 3.05) is 4.90 Å². The van der Waals surface area contributed by atoms with Gasteiger partial charge in [-0.15, -0.1) is 0 Å². The van der Waals surface area contributed by atoms with Gasteiger partial charge in [-0.05, 0) is 69.7 Å². The largest absolute Gasteiger partial charge is 0.444 e. The van der Waals surface area contributed by atoms with E-state index in [1.54, 1.807) is 18.2 Å². The van der Waals surface area contributed by atoms with Crippen molar-refractivity contribution in [3.63, 3.8) is 0 Å². The number of carbonyl (C=O) groups is 1. The molecule has 1 amide bonds. The first-order chi connectivity index (χ1) is 14.0. The zero-order chi connectivity index (χ0) is 20.4. The molecule has 0 aromatic heterocycles. The lowest BCUT2D eigenvalue weighted by atomic mass is 9.91. The Morgan fingerprint density at radius 3 is 2.62 bits per heavy atom. The highest BCUT2D eigenvalue weighted by atomic mass is 79.9. The number of hydrogen-bond acceptors (Lipinski definition) is 2. The summed E-state index contributed by atoms with van der Waals surface area (Å²) >= 11 is 3.20. The molecule has 1 atom stereocenters. The molecule has 0 aliphatic carbocycles. The van der Waals surface area contributed by atoms with Crippen LogP contribution in [0.5, 0.6) is 0 Å². The van der Waals surface area contributed by atoms with Crippen molar-refractivity contribution in [1.82, 2.24) is 0 Å². The second-order valence-corrected chi connectivity index (χ2v) is 7.77. The van der Waals surface area contributed by atoms with E-state index in [-0.39, 0.29) is 12.4 Å².